The van der Waals surface area contributed by atoms with E-state index in [1.54, 1.807) is 11.3 Å². The maximum Gasteiger partial charge on any atom is 0.222 e. The van der Waals surface area contributed by atoms with Crippen molar-refractivity contribution in [2.24, 2.45) is 0 Å². The first kappa shape index (κ1) is 13.0. The van der Waals surface area contributed by atoms with Crippen molar-refractivity contribution in [3.8, 4) is 10.4 Å². The van der Waals surface area contributed by atoms with Gasteiger partial charge in [0.2, 0.25) is 5.95 Å². The van der Waals surface area contributed by atoms with Crippen molar-refractivity contribution in [2.45, 2.75) is 6.42 Å². The lowest BCUT2D eigenvalue weighted by Crippen LogP contribution is -2.06. The molecule has 0 saturated heterocycles. The number of nitrogens with one attached hydrogen (secondary N) is 1. The number of aliphatic hydroxyl groups is 1. The third-order valence-corrected chi connectivity index (χ3v) is 4.15. The van der Waals surface area contributed by atoms with Crippen LogP contribution in [0.1, 0.15) is 6.42 Å². The van der Waals surface area contributed by atoms with Gasteiger partial charge in [0.25, 0.3) is 0 Å². The van der Waals surface area contributed by atoms with Gasteiger partial charge in [-0.1, -0.05) is 18.2 Å². The first-order valence-electron chi connectivity index (χ1n) is 6.52. The van der Waals surface area contributed by atoms with E-state index in [0.717, 1.165) is 5.56 Å². The normalized spacial score (nSPS) is 10.8. The van der Waals surface area contributed by atoms with Gasteiger partial charge >= 0.3 is 0 Å². The van der Waals surface area contributed by atoms with Gasteiger partial charge in [-0.25, -0.2) is 9.97 Å². The number of hydrogen-bond acceptors (Lipinski definition) is 5. The minimum Gasteiger partial charge on any atom is -0.396 e. The number of rotatable bonds is 5. The summed E-state index contributed by atoms with van der Waals surface area (Å²) in [5.41, 5.74) is 1.03. The van der Waals surface area contributed by atoms with Crippen molar-refractivity contribution in [2.75, 3.05) is 18.5 Å². The summed E-state index contributed by atoms with van der Waals surface area (Å²) in [6.45, 7) is 0.853. The van der Waals surface area contributed by atoms with Crippen LogP contribution in [0.2, 0.25) is 0 Å². The average molecular weight is 285 g/mol. The lowest BCUT2D eigenvalue weighted by Gasteiger charge is -2.03. The molecule has 0 amide bonds. The smallest absolute Gasteiger partial charge is 0.222 e. The van der Waals surface area contributed by atoms with Gasteiger partial charge in [-0.05, 0) is 23.9 Å². The Morgan fingerprint density at radius 2 is 1.95 bits per heavy atom. The van der Waals surface area contributed by atoms with Crippen molar-refractivity contribution in [1.82, 2.24) is 9.97 Å². The molecule has 4 nitrogen and oxygen atoms in total. The Bertz CT molecular complexity index is 661. The molecule has 2 N–H and O–H groups in total. The Morgan fingerprint density at radius 1 is 1.15 bits per heavy atom. The van der Waals surface area contributed by atoms with Gasteiger partial charge in [0, 0.05) is 40.7 Å². The van der Waals surface area contributed by atoms with Crippen LogP contribution in [0.3, 0.4) is 0 Å². The van der Waals surface area contributed by atoms with Crippen molar-refractivity contribution in [1.29, 1.82) is 0 Å². The molecule has 0 aliphatic heterocycles. The molecule has 0 bridgehead atoms. The second kappa shape index (κ2) is 5.98. The van der Waals surface area contributed by atoms with Gasteiger partial charge in [0.1, 0.15) is 0 Å². The van der Waals surface area contributed by atoms with Gasteiger partial charge in [-0.15, -0.1) is 11.3 Å². The van der Waals surface area contributed by atoms with Gasteiger partial charge in [0.15, 0.2) is 0 Å². The fourth-order valence-corrected chi connectivity index (χ4v) is 2.99. The Kier molecular flexibility index (Phi) is 3.90. The lowest BCUT2D eigenvalue weighted by molar-refractivity contribution is 0.292. The molecule has 2 aromatic heterocycles. The highest BCUT2D eigenvalue weighted by Crippen LogP contribution is 2.32. The SMILES string of the molecule is OCCCNc1ncc(-c2cc3ccccc3s2)cn1. The van der Waals surface area contributed by atoms with Gasteiger partial charge in [-0.2, -0.15) is 0 Å². The third kappa shape index (κ3) is 2.79. The molecule has 0 atom stereocenters. The van der Waals surface area contributed by atoms with E-state index in [2.05, 4.69) is 33.5 Å². The molecule has 20 heavy (non-hydrogen) atoms. The van der Waals surface area contributed by atoms with E-state index in [0.29, 0.717) is 18.9 Å². The Hall–Kier alpha value is -1.98. The van der Waals surface area contributed by atoms with Crippen molar-refractivity contribution < 1.29 is 5.11 Å². The molecular weight excluding hydrogens is 270 g/mol. The maximum atomic E-state index is 8.73. The molecule has 3 aromatic rings. The molecule has 0 fully saturated rings. The molecule has 2 heterocycles. The first-order valence-corrected chi connectivity index (χ1v) is 7.34. The molecule has 5 heteroatoms. The van der Waals surface area contributed by atoms with Crippen LogP contribution in [0.4, 0.5) is 5.95 Å². The molecule has 0 aliphatic carbocycles. The van der Waals surface area contributed by atoms with Crippen LogP contribution in [0, 0.1) is 0 Å². The molecule has 0 spiro atoms. The number of anilines is 1. The highest BCUT2D eigenvalue weighted by Gasteiger charge is 2.05. The van der Waals surface area contributed by atoms with E-state index < -0.39 is 0 Å². The van der Waals surface area contributed by atoms with Crippen LogP contribution in [0.5, 0.6) is 0 Å². The molecule has 0 radical (unpaired) electrons. The zero-order valence-electron chi connectivity index (χ0n) is 10.9. The number of hydrogen-bond donors (Lipinski definition) is 2. The molecule has 1 aromatic carbocycles. The topological polar surface area (TPSA) is 58.0 Å². The Balaban J connectivity index is 1.79. The van der Waals surface area contributed by atoms with Crippen LogP contribution in [-0.2, 0) is 0 Å². The number of thiophene rings is 1. The molecule has 3 rings (SSSR count). The highest BCUT2D eigenvalue weighted by atomic mass is 32.1. The van der Waals surface area contributed by atoms with Gasteiger partial charge in [0.05, 0.1) is 0 Å². The monoisotopic (exact) mass is 285 g/mol. The summed E-state index contributed by atoms with van der Waals surface area (Å²) >= 11 is 1.74. The number of fused-ring (bicyclic) bond motifs is 1. The zero-order valence-corrected chi connectivity index (χ0v) is 11.7. The average Bonchev–Trinajstić information content (AvgIpc) is 2.92. The van der Waals surface area contributed by atoms with E-state index in [1.165, 1.54) is 15.0 Å². The largest absolute Gasteiger partial charge is 0.396 e. The standard InChI is InChI=1S/C15H15N3OS/c19-7-3-6-16-15-17-9-12(10-18-15)14-8-11-4-1-2-5-13(11)20-14/h1-2,4-5,8-10,19H,3,6-7H2,(H,16,17,18). The van der Waals surface area contributed by atoms with E-state index in [-0.39, 0.29) is 6.61 Å². The fraction of sp³-hybridized carbons (Fsp3) is 0.200. The lowest BCUT2D eigenvalue weighted by atomic mass is 10.2. The molecule has 0 saturated carbocycles. The third-order valence-electron chi connectivity index (χ3n) is 2.98. The van der Waals surface area contributed by atoms with Gasteiger partial charge in [-0.3, -0.25) is 0 Å². The summed E-state index contributed by atoms with van der Waals surface area (Å²) in [7, 11) is 0. The van der Waals surface area contributed by atoms with E-state index >= 15 is 0 Å². The molecular formula is C15H15N3OS. The second-order valence-electron chi connectivity index (χ2n) is 4.45. The fourth-order valence-electron chi connectivity index (χ4n) is 1.95. The quantitative estimate of drug-likeness (QED) is 0.707. The first-order chi connectivity index (χ1) is 9.86. The van der Waals surface area contributed by atoms with Crippen LogP contribution in [0.25, 0.3) is 20.5 Å². The minimum absolute atomic E-state index is 0.173. The van der Waals surface area contributed by atoms with Crippen LogP contribution in [-0.4, -0.2) is 28.2 Å². The molecule has 102 valence electrons. The number of nitrogens with zero attached hydrogens (tertiary/aromatic N) is 2. The van der Waals surface area contributed by atoms with E-state index in [9.17, 15) is 0 Å². The number of benzene rings is 1. The van der Waals surface area contributed by atoms with Gasteiger partial charge < -0.3 is 10.4 Å². The van der Waals surface area contributed by atoms with Crippen LogP contribution in [0.15, 0.2) is 42.7 Å². The minimum atomic E-state index is 0.173. The number of aromatic nitrogens is 2. The summed E-state index contributed by atoms with van der Waals surface area (Å²) in [6, 6.07) is 10.5. The van der Waals surface area contributed by atoms with Crippen molar-refractivity contribution in [3.63, 3.8) is 0 Å². The highest BCUT2D eigenvalue weighted by molar-refractivity contribution is 7.22. The predicted molar refractivity (Wildman–Crippen MR) is 83.0 cm³/mol. The summed E-state index contributed by atoms with van der Waals surface area (Å²) in [6.07, 6.45) is 4.36. The summed E-state index contributed by atoms with van der Waals surface area (Å²) < 4.78 is 1.27. The Labute approximate surface area is 121 Å². The Morgan fingerprint density at radius 3 is 2.70 bits per heavy atom. The summed E-state index contributed by atoms with van der Waals surface area (Å²) in [5, 5.41) is 13.0. The summed E-state index contributed by atoms with van der Waals surface area (Å²) in [5.74, 6) is 0.600. The molecule has 0 aliphatic rings. The van der Waals surface area contributed by atoms with Crippen molar-refractivity contribution >= 4 is 27.4 Å². The summed E-state index contributed by atoms with van der Waals surface area (Å²) in [4.78, 5) is 9.77. The van der Waals surface area contributed by atoms with E-state index in [4.69, 9.17) is 5.11 Å². The second-order valence-corrected chi connectivity index (χ2v) is 5.53. The van der Waals surface area contributed by atoms with Crippen LogP contribution >= 0.6 is 11.3 Å². The molecule has 0 unspecified atom stereocenters. The predicted octanol–water partition coefficient (Wildman–Crippen LogP) is 3.15. The van der Waals surface area contributed by atoms with Crippen molar-refractivity contribution in [3.05, 3.63) is 42.7 Å². The van der Waals surface area contributed by atoms with Crippen LogP contribution < -0.4 is 5.32 Å². The van der Waals surface area contributed by atoms with E-state index in [1.807, 2.05) is 24.5 Å². The zero-order chi connectivity index (χ0) is 13.8. The number of aliphatic hydroxyl groups excluding tert-OH is 1. The maximum absolute atomic E-state index is 8.73.